The van der Waals surface area contributed by atoms with Gasteiger partial charge in [-0.3, -0.25) is 9.59 Å². The summed E-state index contributed by atoms with van der Waals surface area (Å²) in [5.74, 6) is -1.75. The van der Waals surface area contributed by atoms with E-state index >= 15 is 0 Å². The van der Waals surface area contributed by atoms with E-state index in [1.807, 2.05) is 45.4 Å². The molecule has 0 amide bonds. The van der Waals surface area contributed by atoms with Crippen LogP contribution in [-0.2, 0) is 28.6 Å². The Balaban J connectivity index is 4.59. The number of carbonyl (C=O) groups is 3. The van der Waals surface area contributed by atoms with Crippen LogP contribution in [0.2, 0.25) is 0 Å². The average molecular weight is 723 g/mol. The molecule has 0 saturated carbocycles. The van der Waals surface area contributed by atoms with E-state index in [2.05, 4.69) is 92.8 Å². The lowest BCUT2D eigenvalue weighted by Crippen LogP contribution is -2.50. The van der Waals surface area contributed by atoms with Crippen LogP contribution in [0.1, 0.15) is 97.3 Å². The Kier molecular flexibility index (Phi) is 31.5. The monoisotopic (exact) mass is 722 g/mol. The third-order valence-corrected chi connectivity index (χ3v) is 7.46. The summed E-state index contributed by atoms with van der Waals surface area (Å²) in [4.78, 5) is 36.6. The highest BCUT2D eigenvalue weighted by molar-refractivity contribution is 5.72. The molecule has 0 fully saturated rings. The van der Waals surface area contributed by atoms with Crippen molar-refractivity contribution in [1.82, 2.24) is 0 Å². The number of likely N-dealkylation sites (N-methyl/N-ethyl adjacent to an activating group) is 1. The maximum absolute atomic E-state index is 12.5. The highest BCUT2D eigenvalue weighted by Gasteiger charge is 2.31. The second kappa shape index (κ2) is 34.1. The summed E-state index contributed by atoms with van der Waals surface area (Å²) < 4.78 is 16.9. The zero-order valence-corrected chi connectivity index (χ0v) is 32.7. The van der Waals surface area contributed by atoms with Gasteiger partial charge in [-0.15, -0.1) is 0 Å². The van der Waals surface area contributed by atoms with Crippen LogP contribution in [0.4, 0.5) is 0 Å². The van der Waals surface area contributed by atoms with Gasteiger partial charge in [-0.1, -0.05) is 123 Å². The molecular weight excluding hydrogens is 654 g/mol. The maximum atomic E-state index is 12.5. The molecule has 52 heavy (non-hydrogen) atoms. The zero-order valence-electron chi connectivity index (χ0n) is 32.7. The molecule has 0 aromatic heterocycles. The van der Waals surface area contributed by atoms with E-state index in [1.54, 1.807) is 6.08 Å². The van der Waals surface area contributed by atoms with Gasteiger partial charge >= 0.3 is 17.9 Å². The van der Waals surface area contributed by atoms with Crippen molar-refractivity contribution in [1.29, 1.82) is 0 Å². The highest BCUT2D eigenvalue weighted by Crippen LogP contribution is 2.10. The lowest BCUT2D eigenvalue weighted by atomic mass is 10.1. The molecule has 0 bridgehead atoms. The maximum Gasteiger partial charge on any atom is 0.362 e. The molecule has 0 heterocycles. The first kappa shape index (κ1) is 48.0. The van der Waals surface area contributed by atoms with Crippen molar-refractivity contribution in [2.45, 2.75) is 109 Å². The normalized spacial score (nSPS) is 14.2. The Labute approximate surface area is 315 Å². The van der Waals surface area contributed by atoms with Gasteiger partial charge in [0.05, 0.1) is 40.8 Å². The van der Waals surface area contributed by atoms with Crippen LogP contribution in [-0.4, -0.2) is 80.6 Å². The molecule has 0 aromatic carbocycles. The Morgan fingerprint density at radius 3 is 1.42 bits per heavy atom. The summed E-state index contributed by atoms with van der Waals surface area (Å²) in [5, 5.41) is 9.56. The van der Waals surface area contributed by atoms with Crippen molar-refractivity contribution in [2.24, 2.45) is 0 Å². The number of hydrogen-bond donors (Lipinski definition) is 1. The summed E-state index contributed by atoms with van der Waals surface area (Å²) in [5.41, 5.74) is 0. The van der Waals surface area contributed by atoms with Gasteiger partial charge in [0.15, 0.2) is 12.1 Å². The van der Waals surface area contributed by atoms with Gasteiger partial charge < -0.3 is 23.8 Å². The van der Waals surface area contributed by atoms with E-state index < -0.39 is 30.1 Å². The number of nitrogens with zero attached hydrogens (tertiary/aromatic N) is 1. The number of carbonyl (C=O) groups excluding carboxylic acids is 2. The second-order valence-corrected chi connectivity index (χ2v) is 13.1. The first-order valence-electron chi connectivity index (χ1n) is 18.9. The molecule has 8 heteroatoms. The fourth-order valence-electron chi connectivity index (χ4n) is 4.59. The van der Waals surface area contributed by atoms with Crippen molar-refractivity contribution in [3.05, 3.63) is 109 Å². The minimum absolute atomic E-state index is 0.00657. The summed E-state index contributed by atoms with van der Waals surface area (Å²) in [6.07, 6.45) is 46.2. The Morgan fingerprint density at radius 1 is 0.577 bits per heavy atom. The molecule has 1 N–H and O–H groups in total. The van der Waals surface area contributed by atoms with Crippen molar-refractivity contribution >= 4 is 17.9 Å². The fourth-order valence-corrected chi connectivity index (χ4v) is 4.59. The lowest BCUT2D eigenvalue weighted by molar-refractivity contribution is -0.887. The predicted octanol–water partition coefficient (Wildman–Crippen LogP) is 9.73. The van der Waals surface area contributed by atoms with E-state index in [1.165, 1.54) is 0 Å². The molecule has 2 unspecified atom stereocenters. The summed E-state index contributed by atoms with van der Waals surface area (Å²) in [6, 6.07) is -0.644. The van der Waals surface area contributed by atoms with Gasteiger partial charge in [0.25, 0.3) is 0 Å². The average Bonchev–Trinajstić information content (AvgIpc) is 3.09. The molecule has 0 aliphatic heterocycles. The fraction of sp³-hybridized carbons (Fsp3) is 0.523. The molecule has 0 spiro atoms. The molecule has 0 aliphatic rings. The molecule has 0 radical (unpaired) electrons. The zero-order chi connectivity index (χ0) is 38.5. The third kappa shape index (κ3) is 31.9. The summed E-state index contributed by atoms with van der Waals surface area (Å²) in [6.45, 7) is 4.26. The number of allylic oxidation sites excluding steroid dienone is 17. The molecule has 0 rings (SSSR count). The number of aliphatic carboxylic acids is 1. The number of ether oxygens (including phenoxy) is 3. The molecular formula is C44H68NO7+. The van der Waals surface area contributed by atoms with Crippen LogP contribution in [0.15, 0.2) is 109 Å². The van der Waals surface area contributed by atoms with Crippen molar-refractivity contribution in [3.8, 4) is 0 Å². The van der Waals surface area contributed by atoms with Crippen molar-refractivity contribution in [3.63, 3.8) is 0 Å². The van der Waals surface area contributed by atoms with Gasteiger partial charge in [-0.05, 0) is 64.2 Å². The van der Waals surface area contributed by atoms with Crippen LogP contribution < -0.4 is 0 Å². The summed E-state index contributed by atoms with van der Waals surface area (Å²) in [7, 11) is 5.45. The van der Waals surface area contributed by atoms with Crippen LogP contribution in [0, 0.1) is 0 Å². The standard InChI is InChI=1S/C44H67NO7/c1-6-8-10-12-14-16-17-18-19-20-21-22-23-24-25-27-28-30-32-34-42(46)51-39-40(38-50-37-36-41(44(48)49)45(3,4)5)52-43(47)35-33-31-29-26-15-13-11-9-7-2/h8-11,14-16,18-19,21-22,24-26,28,30-31,33,40-41H,6-7,12-13,17,20,23,27,29,32,34-39H2,1-5H3/p+1/b10-8+,11-9+,16-14+,19-18+,22-21+,25-24+,26-15+,30-28+,33-31+. The number of esters is 2. The van der Waals surface area contributed by atoms with Crippen LogP contribution in [0.3, 0.4) is 0 Å². The quantitative estimate of drug-likeness (QED) is 0.0329. The first-order valence-corrected chi connectivity index (χ1v) is 18.9. The Bertz CT molecular complexity index is 1210. The van der Waals surface area contributed by atoms with E-state index in [-0.39, 0.29) is 43.6 Å². The molecule has 0 saturated heterocycles. The second-order valence-electron chi connectivity index (χ2n) is 13.1. The van der Waals surface area contributed by atoms with E-state index in [4.69, 9.17) is 14.2 Å². The Hall–Kier alpha value is -4.01. The van der Waals surface area contributed by atoms with Gasteiger partial charge in [0.1, 0.15) is 6.61 Å². The van der Waals surface area contributed by atoms with Gasteiger partial charge in [0.2, 0.25) is 0 Å². The van der Waals surface area contributed by atoms with Crippen LogP contribution >= 0.6 is 0 Å². The predicted molar refractivity (Wildman–Crippen MR) is 215 cm³/mol. The number of carboxylic acids is 1. The highest BCUT2D eigenvalue weighted by atomic mass is 16.6. The molecule has 2 atom stereocenters. The first-order chi connectivity index (χ1) is 25.1. The largest absolute Gasteiger partial charge is 0.477 e. The van der Waals surface area contributed by atoms with Crippen LogP contribution in [0.25, 0.3) is 0 Å². The van der Waals surface area contributed by atoms with Crippen LogP contribution in [0.5, 0.6) is 0 Å². The molecule has 0 aliphatic carbocycles. The summed E-state index contributed by atoms with van der Waals surface area (Å²) >= 11 is 0. The molecule has 8 nitrogen and oxygen atoms in total. The SMILES string of the molecule is CC/C=C/C/C=C/C/C=C/C/C=C/C/C=C/C/C=C/CCC(=O)OCC(COCCC(C(=O)O)[N+](C)(C)C)OC(=O)C/C=C/C/C=C/C/C=C/CC. The minimum Gasteiger partial charge on any atom is -0.477 e. The molecule has 0 aromatic rings. The third-order valence-electron chi connectivity index (χ3n) is 7.46. The van der Waals surface area contributed by atoms with E-state index in [0.717, 1.165) is 51.4 Å². The Morgan fingerprint density at radius 2 is 1.00 bits per heavy atom. The molecule has 290 valence electrons. The number of rotatable bonds is 31. The number of hydrogen-bond acceptors (Lipinski definition) is 6. The van der Waals surface area contributed by atoms with Gasteiger partial charge in [-0.2, -0.15) is 0 Å². The van der Waals surface area contributed by atoms with Gasteiger partial charge in [-0.25, -0.2) is 4.79 Å². The number of quaternary nitrogens is 1. The van der Waals surface area contributed by atoms with Gasteiger partial charge in [0, 0.05) is 12.8 Å². The topological polar surface area (TPSA) is 99.1 Å². The minimum atomic E-state index is -0.904. The van der Waals surface area contributed by atoms with E-state index in [9.17, 15) is 19.5 Å². The van der Waals surface area contributed by atoms with E-state index in [0.29, 0.717) is 12.8 Å². The van der Waals surface area contributed by atoms with Crippen molar-refractivity contribution < 1.29 is 38.2 Å². The number of carboxylic acid groups (broad SMARTS) is 1. The lowest BCUT2D eigenvalue weighted by Gasteiger charge is -2.31. The van der Waals surface area contributed by atoms with Crippen molar-refractivity contribution in [2.75, 3.05) is 41.0 Å². The smallest absolute Gasteiger partial charge is 0.362 e.